The minimum absolute atomic E-state index is 0.242. The third-order valence-electron chi connectivity index (χ3n) is 1.22. The zero-order valence-corrected chi connectivity index (χ0v) is 7.01. The summed E-state index contributed by atoms with van der Waals surface area (Å²) in [6.45, 7) is 3.37. The van der Waals surface area contributed by atoms with Crippen molar-refractivity contribution in [2.24, 2.45) is 0 Å². The van der Waals surface area contributed by atoms with E-state index in [1.165, 1.54) is 12.4 Å². The van der Waals surface area contributed by atoms with Crippen LogP contribution in [0.4, 0.5) is 0 Å². The first-order chi connectivity index (χ1) is 5.74. The van der Waals surface area contributed by atoms with Gasteiger partial charge in [-0.25, -0.2) is 4.98 Å². The number of carbonyl (C=O) groups is 1. The van der Waals surface area contributed by atoms with Crippen molar-refractivity contribution in [2.45, 2.75) is 0 Å². The van der Waals surface area contributed by atoms with Gasteiger partial charge in [0.25, 0.3) is 5.91 Å². The predicted octanol–water partition coefficient (Wildman–Crippen LogP) is 1.61. The Kier molecular flexibility index (Phi) is 2.82. The van der Waals surface area contributed by atoms with Gasteiger partial charge in [0, 0.05) is 6.20 Å². The second-order valence-electron chi connectivity index (χ2n) is 2.05. The van der Waals surface area contributed by atoms with Crippen molar-refractivity contribution in [3.63, 3.8) is 0 Å². The normalized spacial score (nSPS) is 9.08. The number of pyridine rings is 1. The second-order valence-corrected chi connectivity index (χ2v) is 2.43. The molecule has 1 rings (SSSR count). The minimum atomic E-state index is -0.242. The summed E-state index contributed by atoms with van der Waals surface area (Å²) in [5.74, 6) is -0.242. The van der Waals surface area contributed by atoms with Crippen LogP contribution in [0.25, 0.3) is 0 Å². The topological polar surface area (TPSA) is 42.0 Å². The van der Waals surface area contributed by atoms with Gasteiger partial charge in [0.05, 0.1) is 5.56 Å². The first kappa shape index (κ1) is 8.74. The van der Waals surface area contributed by atoms with Gasteiger partial charge in [-0.2, -0.15) is 0 Å². The highest BCUT2D eigenvalue weighted by Gasteiger charge is 2.02. The van der Waals surface area contributed by atoms with Crippen LogP contribution in [0, 0.1) is 0 Å². The van der Waals surface area contributed by atoms with Crippen molar-refractivity contribution < 1.29 is 4.79 Å². The maximum Gasteiger partial charge on any atom is 0.256 e. The van der Waals surface area contributed by atoms with Gasteiger partial charge in [-0.05, 0) is 18.3 Å². The molecule has 0 atom stereocenters. The van der Waals surface area contributed by atoms with Crippen molar-refractivity contribution in [3.05, 3.63) is 41.8 Å². The lowest BCUT2D eigenvalue weighted by Crippen LogP contribution is -2.16. The second kappa shape index (κ2) is 3.88. The summed E-state index contributed by atoms with van der Waals surface area (Å²) in [4.78, 5) is 14.8. The van der Waals surface area contributed by atoms with Crippen molar-refractivity contribution in [1.82, 2.24) is 10.3 Å². The summed E-state index contributed by atoms with van der Waals surface area (Å²) in [7, 11) is 0. The van der Waals surface area contributed by atoms with Gasteiger partial charge in [-0.3, -0.25) is 4.79 Å². The molecule has 1 aromatic rings. The molecule has 0 bridgehead atoms. The Labute approximate surface area is 75.1 Å². The average Bonchev–Trinajstić information content (AvgIpc) is 2.06. The number of rotatable bonds is 2. The Hall–Kier alpha value is -1.35. The molecule has 0 unspecified atom stereocenters. The fourth-order valence-electron chi connectivity index (χ4n) is 0.686. The van der Waals surface area contributed by atoms with Gasteiger partial charge < -0.3 is 5.32 Å². The Morgan fingerprint density at radius 1 is 1.67 bits per heavy atom. The van der Waals surface area contributed by atoms with Crippen LogP contribution >= 0.6 is 11.6 Å². The third kappa shape index (κ3) is 2.07. The van der Waals surface area contributed by atoms with Crippen molar-refractivity contribution in [3.8, 4) is 0 Å². The first-order valence-electron chi connectivity index (χ1n) is 3.27. The molecule has 62 valence electrons. The van der Waals surface area contributed by atoms with Crippen molar-refractivity contribution >= 4 is 17.5 Å². The van der Waals surface area contributed by atoms with Crippen LogP contribution in [0.15, 0.2) is 31.1 Å². The van der Waals surface area contributed by atoms with Crippen LogP contribution in [-0.4, -0.2) is 10.9 Å². The maximum absolute atomic E-state index is 11.1. The molecular formula is C8H7ClN2O. The van der Waals surface area contributed by atoms with Gasteiger partial charge >= 0.3 is 0 Å². The van der Waals surface area contributed by atoms with Gasteiger partial charge in [0.15, 0.2) is 0 Å². The van der Waals surface area contributed by atoms with Crippen molar-refractivity contribution in [2.75, 3.05) is 0 Å². The predicted molar refractivity (Wildman–Crippen MR) is 46.9 cm³/mol. The van der Waals surface area contributed by atoms with E-state index in [-0.39, 0.29) is 5.91 Å². The fraction of sp³-hybridized carbons (Fsp3) is 0. The quantitative estimate of drug-likeness (QED) is 0.707. The highest BCUT2D eigenvalue weighted by Crippen LogP contribution is 2.04. The van der Waals surface area contributed by atoms with E-state index in [4.69, 9.17) is 11.6 Å². The number of nitrogens with one attached hydrogen (secondary N) is 1. The molecule has 1 heterocycles. The van der Waals surface area contributed by atoms with Crippen LogP contribution in [0.1, 0.15) is 10.4 Å². The largest absolute Gasteiger partial charge is 0.329 e. The molecule has 0 aliphatic carbocycles. The summed E-state index contributed by atoms with van der Waals surface area (Å²) in [5.41, 5.74) is 0.458. The Morgan fingerprint density at radius 2 is 2.42 bits per heavy atom. The molecule has 0 saturated heterocycles. The number of halogens is 1. The lowest BCUT2D eigenvalue weighted by atomic mass is 10.3. The number of nitrogens with zero attached hydrogens (tertiary/aromatic N) is 1. The summed E-state index contributed by atoms with van der Waals surface area (Å²) in [6.07, 6.45) is 2.72. The molecule has 0 spiro atoms. The van der Waals surface area contributed by atoms with E-state index < -0.39 is 0 Å². The van der Waals surface area contributed by atoms with E-state index in [2.05, 4.69) is 16.9 Å². The van der Waals surface area contributed by atoms with Gasteiger partial charge in [-0.1, -0.05) is 18.2 Å². The van der Waals surface area contributed by atoms with E-state index in [9.17, 15) is 4.79 Å². The monoisotopic (exact) mass is 182 g/mol. The lowest BCUT2D eigenvalue weighted by molar-refractivity contribution is 0.0970. The highest BCUT2D eigenvalue weighted by atomic mass is 35.5. The number of aromatic nitrogens is 1. The Morgan fingerprint density at radius 3 is 2.92 bits per heavy atom. The van der Waals surface area contributed by atoms with Crippen LogP contribution in [0.3, 0.4) is 0 Å². The molecule has 3 nitrogen and oxygen atoms in total. The van der Waals surface area contributed by atoms with E-state index in [0.29, 0.717) is 10.7 Å². The molecule has 0 fully saturated rings. The van der Waals surface area contributed by atoms with Crippen LogP contribution in [-0.2, 0) is 0 Å². The molecule has 4 heteroatoms. The van der Waals surface area contributed by atoms with Gasteiger partial charge in [0.1, 0.15) is 5.15 Å². The van der Waals surface area contributed by atoms with E-state index in [1.807, 2.05) is 0 Å². The minimum Gasteiger partial charge on any atom is -0.329 e. The van der Waals surface area contributed by atoms with Crippen LogP contribution < -0.4 is 5.32 Å². The Bertz CT molecular complexity index is 294. The van der Waals surface area contributed by atoms with Crippen LogP contribution in [0.5, 0.6) is 0 Å². The molecular weight excluding hydrogens is 176 g/mol. The molecule has 0 saturated carbocycles. The molecule has 0 aliphatic heterocycles. The summed E-state index contributed by atoms with van der Waals surface area (Å²) in [6, 6.07) is 3.15. The van der Waals surface area contributed by atoms with Crippen molar-refractivity contribution in [1.29, 1.82) is 0 Å². The number of carbonyl (C=O) groups excluding carboxylic acids is 1. The number of hydrogen-bond donors (Lipinski definition) is 1. The molecule has 12 heavy (non-hydrogen) atoms. The van der Waals surface area contributed by atoms with Crippen LogP contribution in [0.2, 0.25) is 5.15 Å². The van der Waals surface area contributed by atoms with Gasteiger partial charge in [-0.15, -0.1) is 0 Å². The third-order valence-corrected chi connectivity index (χ3v) is 1.45. The number of hydrogen-bond acceptors (Lipinski definition) is 2. The molecule has 1 aromatic heterocycles. The van der Waals surface area contributed by atoms with E-state index >= 15 is 0 Å². The van der Waals surface area contributed by atoms with Gasteiger partial charge in [0.2, 0.25) is 0 Å². The summed E-state index contributed by atoms with van der Waals surface area (Å²) < 4.78 is 0. The standard InChI is InChI=1S/C8H7ClN2O/c1-2-10-8(12)6-3-4-7(9)11-5-6/h2-5H,1H2,(H,10,12). The lowest BCUT2D eigenvalue weighted by Gasteiger charge is -1.97. The zero-order chi connectivity index (χ0) is 8.97. The Balaban J connectivity index is 2.82. The molecule has 1 amide bonds. The molecule has 0 aliphatic rings. The molecule has 1 N–H and O–H groups in total. The zero-order valence-electron chi connectivity index (χ0n) is 6.25. The van der Waals surface area contributed by atoms with E-state index in [0.717, 1.165) is 0 Å². The smallest absolute Gasteiger partial charge is 0.256 e. The molecule has 0 aromatic carbocycles. The maximum atomic E-state index is 11.1. The highest BCUT2D eigenvalue weighted by molar-refractivity contribution is 6.29. The fourth-order valence-corrected chi connectivity index (χ4v) is 0.798. The SMILES string of the molecule is C=CNC(=O)c1ccc(Cl)nc1. The summed E-state index contributed by atoms with van der Waals surface area (Å²) >= 11 is 5.53. The first-order valence-corrected chi connectivity index (χ1v) is 3.65. The average molecular weight is 183 g/mol. The summed E-state index contributed by atoms with van der Waals surface area (Å²) in [5, 5.41) is 2.79. The molecule has 0 radical (unpaired) electrons. The number of amides is 1. The van der Waals surface area contributed by atoms with E-state index in [1.54, 1.807) is 12.1 Å².